The van der Waals surface area contributed by atoms with Gasteiger partial charge in [-0.25, -0.2) is 4.98 Å². The van der Waals surface area contributed by atoms with Gasteiger partial charge in [-0.1, -0.05) is 28.1 Å². The van der Waals surface area contributed by atoms with E-state index in [0.717, 1.165) is 15.8 Å². The Balaban J connectivity index is 2.34. The third kappa shape index (κ3) is 1.99. The predicted molar refractivity (Wildman–Crippen MR) is 59.2 cm³/mol. The highest BCUT2D eigenvalue weighted by Crippen LogP contribution is 2.22. The summed E-state index contributed by atoms with van der Waals surface area (Å²) < 4.78 is 6.44. The SMILES string of the molecule is ClCc1ncc(-c2ccc(Br)cc2)o1. The molecule has 0 N–H and O–H groups in total. The quantitative estimate of drug-likeness (QED) is 0.776. The van der Waals surface area contributed by atoms with Crippen LogP contribution in [-0.2, 0) is 5.88 Å². The van der Waals surface area contributed by atoms with Crippen LogP contribution in [0, 0.1) is 0 Å². The molecule has 0 radical (unpaired) electrons. The van der Waals surface area contributed by atoms with Gasteiger partial charge in [-0.3, -0.25) is 0 Å². The molecular weight excluding hydrogens is 265 g/mol. The molecular formula is C10H7BrClNO. The standard InChI is InChI=1S/C10H7BrClNO/c11-8-3-1-7(2-4-8)9-6-13-10(5-12)14-9/h1-4,6H,5H2. The second kappa shape index (κ2) is 4.15. The van der Waals surface area contributed by atoms with E-state index in [2.05, 4.69) is 20.9 Å². The maximum atomic E-state index is 5.59. The van der Waals surface area contributed by atoms with Crippen LogP contribution < -0.4 is 0 Å². The second-order valence-electron chi connectivity index (χ2n) is 2.76. The first-order chi connectivity index (χ1) is 6.79. The molecule has 2 nitrogen and oxygen atoms in total. The highest BCUT2D eigenvalue weighted by Gasteiger charge is 2.04. The maximum absolute atomic E-state index is 5.59. The fourth-order valence-corrected chi connectivity index (χ4v) is 1.51. The van der Waals surface area contributed by atoms with E-state index in [-0.39, 0.29) is 0 Å². The van der Waals surface area contributed by atoms with Crippen LogP contribution in [0.3, 0.4) is 0 Å². The van der Waals surface area contributed by atoms with Crippen molar-refractivity contribution in [2.45, 2.75) is 5.88 Å². The van der Waals surface area contributed by atoms with Crippen molar-refractivity contribution in [1.29, 1.82) is 0 Å². The fraction of sp³-hybridized carbons (Fsp3) is 0.100. The normalized spacial score (nSPS) is 10.4. The molecule has 0 amide bonds. The zero-order valence-electron chi connectivity index (χ0n) is 7.21. The lowest BCUT2D eigenvalue weighted by Gasteiger charge is -1.95. The number of aromatic nitrogens is 1. The van der Waals surface area contributed by atoms with Crippen molar-refractivity contribution < 1.29 is 4.42 Å². The van der Waals surface area contributed by atoms with Crippen molar-refractivity contribution in [3.63, 3.8) is 0 Å². The van der Waals surface area contributed by atoms with Gasteiger partial charge in [-0.2, -0.15) is 0 Å². The lowest BCUT2D eigenvalue weighted by molar-refractivity contribution is 0.529. The zero-order valence-corrected chi connectivity index (χ0v) is 9.55. The fourth-order valence-electron chi connectivity index (χ4n) is 1.12. The minimum Gasteiger partial charge on any atom is -0.439 e. The summed E-state index contributed by atoms with van der Waals surface area (Å²) in [5.41, 5.74) is 0.997. The van der Waals surface area contributed by atoms with Crippen molar-refractivity contribution in [3.05, 3.63) is 40.8 Å². The Morgan fingerprint density at radius 1 is 1.29 bits per heavy atom. The molecule has 1 heterocycles. The van der Waals surface area contributed by atoms with Gasteiger partial charge in [0.2, 0.25) is 5.89 Å². The largest absolute Gasteiger partial charge is 0.439 e. The summed E-state index contributed by atoms with van der Waals surface area (Å²) in [6, 6.07) is 7.83. The summed E-state index contributed by atoms with van der Waals surface area (Å²) in [5.74, 6) is 1.59. The molecule has 2 rings (SSSR count). The van der Waals surface area contributed by atoms with Gasteiger partial charge in [0.1, 0.15) is 0 Å². The van der Waals surface area contributed by atoms with Gasteiger partial charge in [0.15, 0.2) is 5.76 Å². The molecule has 1 aromatic carbocycles. The van der Waals surface area contributed by atoms with E-state index in [1.807, 2.05) is 24.3 Å². The molecule has 0 fully saturated rings. The topological polar surface area (TPSA) is 26.0 Å². The van der Waals surface area contributed by atoms with Gasteiger partial charge in [0.05, 0.1) is 12.1 Å². The summed E-state index contributed by atoms with van der Waals surface area (Å²) in [7, 11) is 0. The molecule has 4 heteroatoms. The number of alkyl halides is 1. The van der Waals surface area contributed by atoms with Gasteiger partial charge >= 0.3 is 0 Å². The summed E-state index contributed by atoms with van der Waals surface area (Å²) >= 11 is 8.96. The zero-order chi connectivity index (χ0) is 9.97. The van der Waals surface area contributed by atoms with Crippen LogP contribution in [0.2, 0.25) is 0 Å². The number of oxazole rings is 1. The van der Waals surface area contributed by atoms with Crippen molar-refractivity contribution in [1.82, 2.24) is 4.98 Å². The number of benzene rings is 1. The van der Waals surface area contributed by atoms with Crippen LogP contribution in [0.15, 0.2) is 39.4 Å². The molecule has 0 atom stereocenters. The van der Waals surface area contributed by atoms with Crippen LogP contribution >= 0.6 is 27.5 Å². The Hall–Kier alpha value is -0.800. The van der Waals surface area contributed by atoms with Crippen molar-refractivity contribution >= 4 is 27.5 Å². The lowest BCUT2D eigenvalue weighted by atomic mass is 10.2. The van der Waals surface area contributed by atoms with E-state index in [1.54, 1.807) is 6.20 Å². The molecule has 72 valence electrons. The average Bonchev–Trinajstić information content (AvgIpc) is 2.67. The van der Waals surface area contributed by atoms with Crippen LogP contribution in [0.25, 0.3) is 11.3 Å². The second-order valence-corrected chi connectivity index (χ2v) is 3.94. The summed E-state index contributed by atoms with van der Waals surface area (Å²) in [6.45, 7) is 0. The highest BCUT2D eigenvalue weighted by molar-refractivity contribution is 9.10. The average molecular weight is 273 g/mol. The molecule has 14 heavy (non-hydrogen) atoms. The molecule has 1 aromatic heterocycles. The predicted octanol–water partition coefficient (Wildman–Crippen LogP) is 3.84. The number of hydrogen-bond donors (Lipinski definition) is 0. The van der Waals surface area contributed by atoms with E-state index < -0.39 is 0 Å². The van der Waals surface area contributed by atoms with E-state index in [0.29, 0.717) is 11.8 Å². The Bertz CT molecular complexity index is 424. The number of nitrogens with zero attached hydrogens (tertiary/aromatic N) is 1. The van der Waals surface area contributed by atoms with Crippen LogP contribution in [0.4, 0.5) is 0 Å². The number of rotatable bonds is 2. The molecule has 0 aliphatic rings. The van der Waals surface area contributed by atoms with Gasteiger partial charge in [-0.05, 0) is 12.1 Å². The minimum atomic E-state index is 0.302. The highest BCUT2D eigenvalue weighted by atomic mass is 79.9. The Labute approximate surface area is 95.0 Å². The Morgan fingerprint density at radius 3 is 2.57 bits per heavy atom. The maximum Gasteiger partial charge on any atom is 0.209 e. The van der Waals surface area contributed by atoms with Crippen LogP contribution in [-0.4, -0.2) is 4.98 Å². The number of halogens is 2. The molecule has 2 aromatic rings. The van der Waals surface area contributed by atoms with E-state index in [1.165, 1.54) is 0 Å². The molecule has 0 aliphatic carbocycles. The monoisotopic (exact) mass is 271 g/mol. The molecule has 0 aliphatic heterocycles. The summed E-state index contributed by atoms with van der Waals surface area (Å²) in [6.07, 6.45) is 1.68. The Kier molecular flexibility index (Phi) is 2.89. The van der Waals surface area contributed by atoms with Gasteiger partial charge in [0, 0.05) is 10.0 Å². The van der Waals surface area contributed by atoms with Crippen molar-refractivity contribution in [2.24, 2.45) is 0 Å². The third-order valence-corrected chi connectivity index (χ3v) is 2.55. The first-order valence-electron chi connectivity index (χ1n) is 4.06. The summed E-state index contributed by atoms with van der Waals surface area (Å²) in [5, 5.41) is 0. The number of hydrogen-bond acceptors (Lipinski definition) is 2. The smallest absolute Gasteiger partial charge is 0.209 e. The molecule has 0 spiro atoms. The van der Waals surface area contributed by atoms with E-state index in [9.17, 15) is 0 Å². The van der Waals surface area contributed by atoms with Gasteiger partial charge < -0.3 is 4.42 Å². The molecule has 0 saturated carbocycles. The van der Waals surface area contributed by atoms with E-state index in [4.69, 9.17) is 16.0 Å². The van der Waals surface area contributed by atoms with Crippen molar-refractivity contribution in [3.8, 4) is 11.3 Å². The third-order valence-electron chi connectivity index (χ3n) is 1.80. The molecule has 0 bridgehead atoms. The summed E-state index contributed by atoms with van der Waals surface area (Å²) in [4.78, 5) is 4.02. The van der Waals surface area contributed by atoms with Crippen LogP contribution in [0.5, 0.6) is 0 Å². The lowest BCUT2D eigenvalue weighted by Crippen LogP contribution is -1.73. The molecule has 0 saturated heterocycles. The Morgan fingerprint density at radius 2 is 2.00 bits per heavy atom. The van der Waals surface area contributed by atoms with Crippen molar-refractivity contribution in [2.75, 3.05) is 0 Å². The van der Waals surface area contributed by atoms with Gasteiger partial charge in [-0.15, -0.1) is 11.6 Å². The van der Waals surface area contributed by atoms with E-state index >= 15 is 0 Å². The van der Waals surface area contributed by atoms with Crippen LogP contribution in [0.1, 0.15) is 5.89 Å². The molecule has 0 unspecified atom stereocenters. The first kappa shape index (κ1) is 9.74. The van der Waals surface area contributed by atoms with Gasteiger partial charge in [0.25, 0.3) is 0 Å². The minimum absolute atomic E-state index is 0.302. The first-order valence-corrected chi connectivity index (χ1v) is 5.39.